The first kappa shape index (κ1) is 12.3. The van der Waals surface area contributed by atoms with Gasteiger partial charge in [0.25, 0.3) is 0 Å². The number of methoxy groups -OCH3 is 1. The number of hydrogen-bond donors (Lipinski definition) is 0. The Bertz CT molecular complexity index is 453. The normalized spacial score (nSPS) is 21.8. The molecule has 0 N–H and O–H groups in total. The van der Waals surface area contributed by atoms with E-state index in [1.807, 2.05) is 0 Å². The molecule has 0 aliphatic heterocycles. The molecular formula is C11H12N2O5. The van der Waals surface area contributed by atoms with Gasteiger partial charge in [-0.25, -0.2) is 0 Å². The van der Waals surface area contributed by atoms with E-state index in [1.165, 1.54) is 25.4 Å². The highest BCUT2D eigenvalue weighted by Crippen LogP contribution is 2.32. The van der Waals surface area contributed by atoms with Gasteiger partial charge in [-0.2, -0.15) is 0 Å². The molecule has 7 nitrogen and oxygen atoms in total. The highest BCUT2D eigenvalue weighted by Gasteiger charge is 2.37. The van der Waals surface area contributed by atoms with Crippen molar-refractivity contribution < 1.29 is 19.2 Å². The number of aromatic nitrogens is 1. The molecule has 1 heterocycles. The average Bonchev–Trinajstić information content (AvgIpc) is 2.33. The Morgan fingerprint density at radius 2 is 2.22 bits per heavy atom. The van der Waals surface area contributed by atoms with Crippen molar-refractivity contribution in [1.29, 1.82) is 0 Å². The summed E-state index contributed by atoms with van der Waals surface area (Å²) in [6.45, 7) is 0. The third kappa shape index (κ3) is 2.55. The summed E-state index contributed by atoms with van der Waals surface area (Å²) >= 11 is 0. The van der Waals surface area contributed by atoms with E-state index in [9.17, 15) is 14.9 Å². The Kier molecular flexibility index (Phi) is 3.40. The second kappa shape index (κ2) is 4.99. The van der Waals surface area contributed by atoms with Gasteiger partial charge >= 0.3 is 11.8 Å². The lowest BCUT2D eigenvalue weighted by molar-refractivity contribution is -0.389. The number of rotatable bonds is 4. The molecule has 1 aromatic rings. The van der Waals surface area contributed by atoms with Crippen molar-refractivity contribution >= 4 is 11.8 Å². The van der Waals surface area contributed by atoms with E-state index in [2.05, 4.69) is 9.72 Å². The lowest BCUT2D eigenvalue weighted by atomic mass is 9.82. The molecule has 0 unspecified atom stereocenters. The minimum atomic E-state index is -0.569. The smallest absolute Gasteiger partial charge is 0.363 e. The van der Waals surface area contributed by atoms with Crippen LogP contribution in [0.1, 0.15) is 12.8 Å². The SMILES string of the molecule is COC(=O)C1CC(Oc2ccc([N+](=O)[O-])nc2)C1. The molecule has 0 atom stereocenters. The molecule has 1 aliphatic carbocycles. The fraction of sp³-hybridized carbons (Fsp3) is 0.455. The molecule has 1 aliphatic rings. The average molecular weight is 252 g/mol. The molecule has 0 amide bonds. The molecule has 0 saturated heterocycles. The molecule has 7 heteroatoms. The number of carbonyl (C=O) groups excluding carboxylic acids is 1. The first-order valence-corrected chi connectivity index (χ1v) is 5.45. The number of nitro groups is 1. The van der Waals surface area contributed by atoms with E-state index in [0.717, 1.165) is 0 Å². The van der Waals surface area contributed by atoms with Crippen molar-refractivity contribution in [3.05, 3.63) is 28.4 Å². The second-order valence-electron chi connectivity index (χ2n) is 4.04. The maximum absolute atomic E-state index is 11.1. The van der Waals surface area contributed by atoms with Gasteiger partial charge in [-0.15, -0.1) is 0 Å². The molecule has 18 heavy (non-hydrogen) atoms. The van der Waals surface area contributed by atoms with E-state index in [1.54, 1.807) is 0 Å². The molecular weight excluding hydrogens is 240 g/mol. The van der Waals surface area contributed by atoms with Crippen molar-refractivity contribution in [2.45, 2.75) is 18.9 Å². The van der Waals surface area contributed by atoms with Crippen LogP contribution in [0.25, 0.3) is 0 Å². The summed E-state index contributed by atoms with van der Waals surface area (Å²) in [5, 5.41) is 10.4. The number of nitrogens with zero attached hydrogens (tertiary/aromatic N) is 2. The standard InChI is InChI=1S/C11H12N2O5/c1-17-11(14)7-4-9(5-7)18-8-2-3-10(12-6-8)13(15)16/h2-3,6-7,9H,4-5H2,1H3. The van der Waals surface area contributed by atoms with Gasteiger partial charge in [-0.1, -0.05) is 0 Å². The fourth-order valence-electron chi connectivity index (χ4n) is 1.76. The number of pyridine rings is 1. The monoisotopic (exact) mass is 252 g/mol. The van der Waals surface area contributed by atoms with Gasteiger partial charge in [0, 0.05) is 6.07 Å². The predicted molar refractivity (Wildman–Crippen MR) is 60.0 cm³/mol. The maximum atomic E-state index is 11.1. The van der Waals surface area contributed by atoms with Crippen LogP contribution in [0, 0.1) is 16.0 Å². The topological polar surface area (TPSA) is 91.6 Å². The zero-order valence-electron chi connectivity index (χ0n) is 9.74. The summed E-state index contributed by atoms with van der Waals surface area (Å²) in [6, 6.07) is 2.78. The molecule has 0 spiro atoms. The van der Waals surface area contributed by atoms with E-state index >= 15 is 0 Å². The highest BCUT2D eigenvalue weighted by atomic mass is 16.6. The van der Waals surface area contributed by atoms with Gasteiger partial charge < -0.3 is 19.6 Å². The summed E-state index contributed by atoms with van der Waals surface area (Å²) in [6.07, 6.45) is 2.45. The zero-order valence-corrected chi connectivity index (χ0v) is 9.74. The second-order valence-corrected chi connectivity index (χ2v) is 4.04. The number of esters is 1. The van der Waals surface area contributed by atoms with Gasteiger partial charge in [0.2, 0.25) is 0 Å². The van der Waals surface area contributed by atoms with E-state index in [-0.39, 0.29) is 23.8 Å². The van der Waals surface area contributed by atoms with Crippen LogP contribution in [0.4, 0.5) is 5.82 Å². The molecule has 96 valence electrons. The molecule has 1 aromatic heterocycles. The zero-order chi connectivity index (χ0) is 13.1. The van der Waals surface area contributed by atoms with Gasteiger partial charge in [0.1, 0.15) is 6.10 Å². The fourth-order valence-corrected chi connectivity index (χ4v) is 1.76. The van der Waals surface area contributed by atoms with Crippen LogP contribution in [0.15, 0.2) is 18.3 Å². The summed E-state index contributed by atoms with van der Waals surface area (Å²) < 4.78 is 10.1. The van der Waals surface area contributed by atoms with Crippen LogP contribution < -0.4 is 4.74 Å². The number of ether oxygens (including phenoxy) is 2. The van der Waals surface area contributed by atoms with E-state index in [0.29, 0.717) is 18.6 Å². The lowest BCUT2D eigenvalue weighted by Gasteiger charge is -2.32. The molecule has 0 radical (unpaired) electrons. The summed E-state index contributed by atoms with van der Waals surface area (Å²) in [5.41, 5.74) is 0. The van der Waals surface area contributed by atoms with Crippen molar-refractivity contribution in [1.82, 2.24) is 4.98 Å². The third-order valence-electron chi connectivity index (χ3n) is 2.84. The molecule has 1 fully saturated rings. The van der Waals surface area contributed by atoms with Crippen LogP contribution in [-0.2, 0) is 9.53 Å². The largest absolute Gasteiger partial charge is 0.486 e. The van der Waals surface area contributed by atoms with Gasteiger partial charge in [0.05, 0.1) is 13.0 Å². The van der Waals surface area contributed by atoms with Gasteiger partial charge in [-0.3, -0.25) is 4.79 Å². The van der Waals surface area contributed by atoms with Crippen LogP contribution in [0.2, 0.25) is 0 Å². The minimum Gasteiger partial charge on any atom is -0.486 e. The van der Waals surface area contributed by atoms with Gasteiger partial charge in [0.15, 0.2) is 11.9 Å². The Labute approximate surface area is 103 Å². The predicted octanol–water partition coefficient (Wildman–Crippen LogP) is 1.32. The lowest BCUT2D eigenvalue weighted by Crippen LogP contribution is -2.38. The van der Waals surface area contributed by atoms with Crippen LogP contribution in [-0.4, -0.2) is 29.1 Å². The van der Waals surface area contributed by atoms with Crippen molar-refractivity contribution in [2.75, 3.05) is 7.11 Å². The summed E-state index contributed by atoms with van der Waals surface area (Å²) in [7, 11) is 1.36. The van der Waals surface area contributed by atoms with E-state index < -0.39 is 4.92 Å². The Morgan fingerprint density at radius 1 is 1.50 bits per heavy atom. The Hall–Kier alpha value is -2.18. The Balaban J connectivity index is 1.85. The first-order chi connectivity index (χ1) is 8.60. The van der Waals surface area contributed by atoms with Crippen molar-refractivity contribution in [2.24, 2.45) is 5.92 Å². The number of hydrogen-bond acceptors (Lipinski definition) is 6. The molecule has 2 rings (SSSR count). The summed E-state index contributed by atoms with van der Waals surface area (Å²) in [5.74, 6) is -0.0833. The van der Waals surface area contributed by atoms with E-state index in [4.69, 9.17) is 4.74 Å². The molecule has 1 saturated carbocycles. The first-order valence-electron chi connectivity index (χ1n) is 5.45. The van der Waals surface area contributed by atoms with Crippen LogP contribution >= 0.6 is 0 Å². The van der Waals surface area contributed by atoms with Crippen molar-refractivity contribution in [3.63, 3.8) is 0 Å². The van der Waals surface area contributed by atoms with Crippen molar-refractivity contribution in [3.8, 4) is 5.75 Å². The minimum absolute atomic E-state index is 0.0580. The summed E-state index contributed by atoms with van der Waals surface area (Å²) in [4.78, 5) is 24.6. The Morgan fingerprint density at radius 3 is 2.72 bits per heavy atom. The molecule has 0 aromatic carbocycles. The highest BCUT2D eigenvalue weighted by molar-refractivity contribution is 5.73. The van der Waals surface area contributed by atoms with Crippen LogP contribution in [0.5, 0.6) is 5.75 Å². The van der Waals surface area contributed by atoms with Gasteiger partial charge in [-0.05, 0) is 28.8 Å². The maximum Gasteiger partial charge on any atom is 0.363 e. The third-order valence-corrected chi connectivity index (χ3v) is 2.84. The number of carbonyl (C=O) groups is 1. The molecule has 0 bridgehead atoms. The quantitative estimate of drug-likeness (QED) is 0.456. The van der Waals surface area contributed by atoms with Crippen LogP contribution in [0.3, 0.4) is 0 Å².